The van der Waals surface area contributed by atoms with Gasteiger partial charge in [-0.1, -0.05) is 18.2 Å². The average molecular weight is 283 g/mol. The Balaban J connectivity index is 1.69. The average Bonchev–Trinajstić information content (AvgIpc) is 2.99. The van der Waals surface area contributed by atoms with Crippen LogP contribution >= 0.6 is 0 Å². The number of carbonyl (C=O) groups excluding carboxylic acids is 1. The van der Waals surface area contributed by atoms with Crippen LogP contribution < -0.4 is 10.6 Å². The van der Waals surface area contributed by atoms with Crippen LogP contribution in [0.2, 0.25) is 0 Å². The molecule has 1 atom stereocenters. The van der Waals surface area contributed by atoms with E-state index in [1.54, 1.807) is 0 Å². The highest BCUT2D eigenvalue weighted by Crippen LogP contribution is 2.22. The second-order valence-corrected chi connectivity index (χ2v) is 5.78. The molecule has 4 nitrogen and oxygen atoms in total. The number of carbonyl (C=O) groups is 1. The molecule has 21 heavy (non-hydrogen) atoms. The smallest absolute Gasteiger partial charge is 0.224 e. The molecule has 1 fully saturated rings. The molecular formula is C17H21N3O. The van der Waals surface area contributed by atoms with Crippen molar-refractivity contribution < 1.29 is 4.79 Å². The first-order valence-corrected chi connectivity index (χ1v) is 7.59. The monoisotopic (exact) mass is 283 g/mol. The minimum atomic E-state index is 0.0812. The second-order valence-electron chi connectivity index (χ2n) is 5.78. The lowest BCUT2D eigenvalue weighted by atomic mass is 10.0. The molecule has 0 saturated carbocycles. The fraction of sp³-hybridized carbons (Fsp3) is 0.412. The van der Waals surface area contributed by atoms with E-state index in [9.17, 15) is 4.79 Å². The maximum atomic E-state index is 12.1. The van der Waals surface area contributed by atoms with E-state index >= 15 is 0 Å². The van der Waals surface area contributed by atoms with Gasteiger partial charge in [-0.25, -0.2) is 0 Å². The molecule has 1 aromatic carbocycles. The minimum absolute atomic E-state index is 0.0812. The maximum absolute atomic E-state index is 12.1. The third kappa shape index (κ3) is 3.39. The summed E-state index contributed by atoms with van der Waals surface area (Å²) >= 11 is 0. The van der Waals surface area contributed by atoms with Gasteiger partial charge in [-0.2, -0.15) is 0 Å². The molecule has 0 bridgehead atoms. The van der Waals surface area contributed by atoms with Crippen molar-refractivity contribution in [2.24, 2.45) is 5.92 Å². The van der Waals surface area contributed by atoms with E-state index in [-0.39, 0.29) is 5.91 Å². The topological polar surface area (TPSA) is 54.0 Å². The Kier molecular flexibility index (Phi) is 4.15. The summed E-state index contributed by atoms with van der Waals surface area (Å²) in [7, 11) is 0. The molecule has 4 heteroatoms. The molecule has 1 aliphatic rings. The predicted molar refractivity (Wildman–Crippen MR) is 85.3 cm³/mol. The number of fused-ring (bicyclic) bond motifs is 1. The van der Waals surface area contributed by atoms with Crippen molar-refractivity contribution in [3.05, 3.63) is 36.0 Å². The van der Waals surface area contributed by atoms with Gasteiger partial charge in [0.05, 0.1) is 11.2 Å². The molecule has 1 aromatic heterocycles. The van der Waals surface area contributed by atoms with Crippen LogP contribution in [0.5, 0.6) is 0 Å². The van der Waals surface area contributed by atoms with Gasteiger partial charge >= 0.3 is 0 Å². The largest absolute Gasteiger partial charge is 0.324 e. The molecule has 2 aromatic rings. The van der Waals surface area contributed by atoms with Crippen LogP contribution in [0.1, 0.15) is 25.0 Å². The molecule has 1 saturated heterocycles. The first kappa shape index (κ1) is 14.0. The molecule has 2 N–H and O–H groups in total. The van der Waals surface area contributed by atoms with Gasteiger partial charge in [0.1, 0.15) is 0 Å². The molecule has 0 spiro atoms. The molecule has 2 heterocycles. The van der Waals surface area contributed by atoms with Crippen molar-refractivity contribution in [2.45, 2.75) is 26.2 Å². The number of amides is 1. The van der Waals surface area contributed by atoms with Crippen LogP contribution in [0.25, 0.3) is 10.9 Å². The normalized spacial score (nSPS) is 18.0. The van der Waals surface area contributed by atoms with Crippen molar-refractivity contribution >= 4 is 22.5 Å². The number of aromatic nitrogens is 1. The number of aryl methyl sites for hydroxylation is 1. The molecule has 0 radical (unpaired) electrons. The lowest BCUT2D eigenvalue weighted by Gasteiger charge is -2.10. The summed E-state index contributed by atoms with van der Waals surface area (Å²) in [5, 5.41) is 7.40. The fourth-order valence-electron chi connectivity index (χ4n) is 2.85. The highest BCUT2D eigenvalue weighted by molar-refractivity contribution is 6.00. The number of benzene rings is 1. The fourth-order valence-corrected chi connectivity index (χ4v) is 2.85. The first-order valence-electron chi connectivity index (χ1n) is 7.59. The van der Waals surface area contributed by atoms with Gasteiger partial charge in [0.25, 0.3) is 0 Å². The van der Waals surface area contributed by atoms with Gasteiger partial charge in [0.15, 0.2) is 0 Å². The molecule has 1 unspecified atom stereocenters. The number of para-hydroxylation sites is 1. The predicted octanol–water partition coefficient (Wildman–Crippen LogP) is 2.87. The number of hydrogen-bond donors (Lipinski definition) is 2. The van der Waals surface area contributed by atoms with Gasteiger partial charge in [-0.15, -0.1) is 0 Å². The Morgan fingerprint density at radius 1 is 1.38 bits per heavy atom. The Bertz CT molecular complexity index is 648. The first-order chi connectivity index (χ1) is 10.2. The summed E-state index contributed by atoms with van der Waals surface area (Å²) < 4.78 is 0. The van der Waals surface area contributed by atoms with Crippen LogP contribution in [0.4, 0.5) is 5.69 Å². The summed E-state index contributed by atoms with van der Waals surface area (Å²) in [5.74, 6) is 0.723. The zero-order chi connectivity index (χ0) is 14.7. The zero-order valence-electron chi connectivity index (χ0n) is 12.4. The van der Waals surface area contributed by atoms with Crippen LogP contribution in [0.3, 0.4) is 0 Å². The second kappa shape index (κ2) is 6.22. The van der Waals surface area contributed by atoms with Gasteiger partial charge in [-0.05, 0) is 50.9 Å². The van der Waals surface area contributed by atoms with Gasteiger partial charge < -0.3 is 10.6 Å². The van der Waals surface area contributed by atoms with Crippen LogP contribution in [0, 0.1) is 12.8 Å². The number of hydrogen-bond acceptors (Lipinski definition) is 3. The lowest BCUT2D eigenvalue weighted by Crippen LogP contribution is -2.15. The van der Waals surface area contributed by atoms with Gasteiger partial charge in [-0.3, -0.25) is 9.78 Å². The van der Waals surface area contributed by atoms with Crippen molar-refractivity contribution in [2.75, 3.05) is 18.4 Å². The van der Waals surface area contributed by atoms with Crippen molar-refractivity contribution in [1.29, 1.82) is 0 Å². The van der Waals surface area contributed by atoms with Crippen LogP contribution in [0.15, 0.2) is 30.3 Å². The van der Waals surface area contributed by atoms with E-state index in [2.05, 4.69) is 15.6 Å². The third-order valence-corrected chi connectivity index (χ3v) is 4.08. The highest BCUT2D eigenvalue weighted by atomic mass is 16.1. The van der Waals surface area contributed by atoms with Crippen LogP contribution in [-0.4, -0.2) is 24.0 Å². The van der Waals surface area contributed by atoms with Crippen molar-refractivity contribution in [1.82, 2.24) is 10.3 Å². The number of nitrogens with one attached hydrogen (secondary N) is 2. The SMILES string of the molecule is Cc1ccc2cccc(NC(=O)CCC3CCNC3)c2n1. The molecule has 3 rings (SSSR count). The summed E-state index contributed by atoms with van der Waals surface area (Å²) in [6.45, 7) is 4.09. The maximum Gasteiger partial charge on any atom is 0.224 e. The van der Waals surface area contributed by atoms with Crippen LogP contribution in [-0.2, 0) is 4.79 Å². The summed E-state index contributed by atoms with van der Waals surface area (Å²) in [5.41, 5.74) is 2.64. The molecule has 0 aliphatic carbocycles. The van der Waals surface area contributed by atoms with E-state index in [4.69, 9.17) is 0 Å². The molecule has 110 valence electrons. The number of rotatable bonds is 4. The lowest BCUT2D eigenvalue weighted by molar-refractivity contribution is -0.116. The Labute approximate surface area is 125 Å². The summed E-state index contributed by atoms with van der Waals surface area (Å²) in [4.78, 5) is 16.7. The van der Waals surface area contributed by atoms with Crippen molar-refractivity contribution in [3.8, 4) is 0 Å². The van der Waals surface area contributed by atoms with Gasteiger partial charge in [0, 0.05) is 17.5 Å². The standard InChI is InChI=1S/C17H21N3O/c1-12-5-7-14-3-2-4-15(17(14)19-12)20-16(21)8-6-13-9-10-18-11-13/h2-5,7,13,18H,6,8-11H2,1H3,(H,20,21). The summed E-state index contributed by atoms with van der Waals surface area (Å²) in [6.07, 6.45) is 2.72. The minimum Gasteiger partial charge on any atom is -0.324 e. The Morgan fingerprint density at radius 3 is 3.10 bits per heavy atom. The van der Waals surface area contributed by atoms with Gasteiger partial charge in [0.2, 0.25) is 5.91 Å². The number of pyridine rings is 1. The highest BCUT2D eigenvalue weighted by Gasteiger charge is 2.16. The number of anilines is 1. The van der Waals surface area contributed by atoms with E-state index in [1.807, 2.05) is 37.3 Å². The third-order valence-electron chi connectivity index (χ3n) is 4.08. The van der Waals surface area contributed by atoms with E-state index in [1.165, 1.54) is 6.42 Å². The Hall–Kier alpha value is -1.94. The summed E-state index contributed by atoms with van der Waals surface area (Å²) in [6, 6.07) is 9.92. The van der Waals surface area contributed by atoms with E-state index in [0.717, 1.165) is 41.8 Å². The quantitative estimate of drug-likeness (QED) is 0.907. The van der Waals surface area contributed by atoms with E-state index < -0.39 is 0 Å². The molecule has 1 amide bonds. The Morgan fingerprint density at radius 2 is 2.29 bits per heavy atom. The van der Waals surface area contributed by atoms with E-state index in [0.29, 0.717) is 12.3 Å². The zero-order valence-corrected chi connectivity index (χ0v) is 12.4. The molecular weight excluding hydrogens is 262 g/mol. The number of nitrogens with zero attached hydrogens (tertiary/aromatic N) is 1. The molecule has 1 aliphatic heterocycles. The van der Waals surface area contributed by atoms with Crippen molar-refractivity contribution in [3.63, 3.8) is 0 Å².